The zero-order chi connectivity index (χ0) is 18.8. The molecule has 146 valence electrons. The quantitative estimate of drug-likeness (QED) is 0.407. The van der Waals surface area contributed by atoms with E-state index in [0.29, 0.717) is 17.8 Å². The topological polar surface area (TPSA) is 58.9 Å². The average Bonchev–Trinajstić information content (AvgIpc) is 3.22. The number of hydrogen-bond donors (Lipinski definition) is 1. The Morgan fingerprint density at radius 3 is 2.85 bits per heavy atom. The van der Waals surface area contributed by atoms with Gasteiger partial charge in [-0.2, -0.15) is 0 Å². The van der Waals surface area contributed by atoms with Gasteiger partial charge in [-0.15, -0.1) is 0 Å². The summed E-state index contributed by atoms with van der Waals surface area (Å²) in [6.07, 6.45) is 14.8. The molecule has 0 aromatic rings. The van der Waals surface area contributed by atoms with Gasteiger partial charge in [0.1, 0.15) is 5.60 Å². The molecule has 0 bridgehead atoms. The molecule has 1 aliphatic heterocycles. The van der Waals surface area contributed by atoms with Gasteiger partial charge < -0.3 is 9.94 Å². The summed E-state index contributed by atoms with van der Waals surface area (Å²) in [6, 6.07) is 0. The van der Waals surface area contributed by atoms with Crippen molar-refractivity contribution in [3.63, 3.8) is 0 Å². The number of rotatable bonds is 1. The van der Waals surface area contributed by atoms with Crippen molar-refractivity contribution in [3.05, 3.63) is 23.8 Å². The highest BCUT2D eigenvalue weighted by molar-refractivity contribution is 5.96. The van der Waals surface area contributed by atoms with Crippen LogP contribution in [0.5, 0.6) is 0 Å². The smallest absolute Gasteiger partial charge is 0.331 e. The van der Waals surface area contributed by atoms with Crippen molar-refractivity contribution in [2.45, 2.75) is 70.8 Å². The number of carbonyl (C=O) groups excluding carboxylic acids is 1. The van der Waals surface area contributed by atoms with Crippen molar-refractivity contribution in [2.24, 2.45) is 40.2 Å². The van der Waals surface area contributed by atoms with Gasteiger partial charge in [0.05, 0.1) is 5.71 Å². The predicted molar refractivity (Wildman–Crippen MR) is 103 cm³/mol. The van der Waals surface area contributed by atoms with E-state index in [9.17, 15) is 10.0 Å². The summed E-state index contributed by atoms with van der Waals surface area (Å²) < 4.78 is 6.02. The van der Waals surface area contributed by atoms with Crippen LogP contribution in [0.1, 0.15) is 65.2 Å². The Morgan fingerprint density at radius 1 is 1.30 bits per heavy atom. The number of nitrogens with zero attached hydrogens (tertiary/aromatic N) is 1. The van der Waals surface area contributed by atoms with Crippen molar-refractivity contribution in [1.82, 2.24) is 0 Å². The van der Waals surface area contributed by atoms with Crippen LogP contribution < -0.4 is 0 Å². The molecule has 5 aliphatic rings. The van der Waals surface area contributed by atoms with Crippen molar-refractivity contribution in [2.75, 3.05) is 0 Å². The van der Waals surface area contributed by atoms with Gasteiger partial charge in [0.25, 0.3) is 0 Å². The molecule has 1 spiro atoms. The third kappa shape index (κ3) is 2.22. The normalized spacial score (nSPS) is 49.6. The largest absolute Gasteiger partial charge is 0.451 e. The van der Waals surface area contributed by atoms with Crippen molar-refractivity contribution >= 4 is 11.7 Å². The van der Waals surface area contributed by atoms with Crippen LogP contribution in [0.25, 0.3) is 0 Å². The molecule has 3 saturated carbocycles. The number of esters is 1. The van der Waals surface area contributed by atoms with Crippen LogP contribution in [0.4, 0.5) is 0 Å². The Kier molecular flexibility index (Phi) is 3.86. The molecule has 4 heteroatoms. The van der Waals surface area contributed by atoms with Crippen molar-refractivity contribution in [1.29, 1.82) is 0 Å². The molecule has 4 aliphatic carbocycles. The fraction of sp³-hybridized carbons (Fsp3) is 0.739. The van der Waals surface area contributed by atoms with Crippen LogP contribution in [0.2, 0.25) is 0 Å². The highest BCUT2D eigenvalue weighted by Gasteiger charge is 2.66. The van der Waals surface area contributed by atoms with Gasteiger partial charge >= 0.3 is 5.97 Å². The molecule has 0 radical (unpaired) electrons. The molecule has 4 nitrogen and oxygen atoms in total. The van der Waals surface area contributed by atoms with E-state index >= 15 is 0 Å². The van der Waals surface area contributed by atoms with E-state index in [-0.39, 0.29) is 17.0 Å². The van der Waals surface area contributed by atoms with E-state index < -0.39 is 0 Å². The fourth-order valence-corrected chi connectivity index (χ4v) is 8.13. The highest BCUT2D eigenvalue weighted by atomic mass is 16.6. The summed E-state index contributed by atoms with van der Waals surface area (Å²) in [4.78, 5) is 12.0. The number of oxime groups is 1. The van der Waals surface area contributed by atoms with Crippen LogP contribution in [0, 0.1) is 35.0 Å². The maximum absolute atomic E-state index is 12.0. The van der Waals surface area contributed by atoms with E-state index in [2.05, 4.69) is 31.2 Å². The van der Waals surface area contributed by atoms with Gasteiger partial charge in [0.2, 0.25) is 0 Å². The van der Waals surface area contributed by atoms with Crippen LogP contribution in [0.3, 0.4) is 0 Å². The first-order valence-electron chi connectivity index (χ1n) is 10.9. The van der Waals surface area contributed by atoms with Gasteiger partial charge in [0, 0.05) is 11.5 Å². The lowest BCUT2D eigenvalue weighted by Gasteiger charge is -2.58. The van der Waals surface area contributed by atoms with Crippen LogP contribution in [-0.2, 0) is 9.53 Å². The van der Waals surface area contributed by atoms with Crippen molar-refractivity contribution < 1.29 is 14.7 Å². The number of fused-ring (bicyclic) bond motifs is 6. The molecule has 3 fully saturated rings. The van der Waals surface area contributed by atoms with Crippen molar-refractivity contribution in [3.8, 4) is 0 Å². The minimum absolute atomic E-state index is 0.124. The molecule has 0 aromatic heterocycles. The van der Waals surface area contributed by atoms with Crippen LogP contribution >= 0.6 is 0 Å². The standard InChI is InChI=1S/C23H31NO3/c1-3-22-9-6-18-17-5-4-16(24-26)13-15(17)12-14(2)21(18)19(22)7-10-23(22)11-8-20(25)27-23/h8,11,13-14,17-19,21,26H,3-7,9-10,12H2,1-2H3/b24-16+/t14-,17-,18?,19?,21?,22-,23+/m0/s1. The first kappa shape index (κ1) is 17.5. The average molecular weight is 370 g/mol. The SMILES string of the molecule is CC[C@]12CCC3C(C1CC[C@@]21C=CC(=O)O1)[C@@H](C)CC1=C/C(=N/O)CC[C@@H]13. The maximum Gasteiger partial charge on any atom is 0.331 e. The molecule has 7 atom stereocenters. The molecule has 0 saturated heterocycles. The Labute approximate surface area is 161 Å². The minimum atomic E-state index is -0.340. The molecular weight excluding hydrogens is 338 g/mol. The Bertz CT molecular complexity index is 753. The second-order valence-electron chi connectivity index (χ2n) is 9.72. The summed E-state index contributed by atoms with van der Waals surface area (Å²) in [5, 5.41) is 12.7. The number of hydrogen-bond acceptors (Lipinski definition) is 4. The van der Waals surface area contributed by atoms with E-state index in [1.54, 1.807) is 6.08 Å². The number of carbonyl (C=O) groups is 1. The van der Waals surface area contributed by atoms with Gasteiger partial charge in [-0.3, -0.25) is 0 Å². The monoisotopic (exact) mass is 369 g/mol. The third-order valence-electron chi connectivity index (χ3n) is 9.06. The predicted octanol–water partition coefficient (Wildman–Crippen LogP) is 4.88. The second-order valence-corrected chi connectivity index (χ2v) is 9.72. The Balaban J connectivity index is 1.51. The molecule has 1 heterocycles. The van der Waals surface area contributed by atoms with E-state index in [0.717, 1.165) is 49.7 Å². The Hall–Kier alpha value is -1.58. The molecular formula is C23H31NO3. The molecule has 5 rings (SSSR count). The lowest BCUT2D eigenvalue weighted by Crippen LogP contribution is -2.55. The van der Waals surface area contributed by atoms with Gasteiger partial charge in [0.15, 0.2) is 0 Å². The number of ether oxygens (including phenoxy) is 1. The van der Waals surface area contributed by atoms with E-state index in [4.69, 9.17) is 4.74 Å². The Morgan fingerprint density at radius 2 is 2.15 bits per heavy atom. The number of allylic oxidation sites excluding steroid dienone is 2. The van der Waals surface area contributed by atoms with Crippen LogP contribution in [-0.4, -0.2) is 22.5 Å². The molecule has 1 N–H and O–H groups in total. The zero-order valence-electron chi connectivity index (χ0n) is 16.5. The van der Waals surface area contributed by atoms with Gasteiger partial charge in [-0.1, -0.05) is 24.6 Å². The highest BCUT2D eigenvalue weighted by Crippen LogP contribution is 2.68. The third-order valence-corrected chi connectivity index (χ3v) is 9.06. The summed E-state index contributed by atoms with van der Waals surface area (Å²) in [5.41, 5.74) is 2.16. The summed E-state index contributed by atoms with van der Waals surface area (Å²) in [6.45, 7) is 4.73. The summed E-state index contributed by atoms with van der Waals surface area (Å²) in [5.74, 6) is 3.27. The molecule has 0 amide bonds. The second kappa shape index (κ2) is 5.96. The fourth-order valence-electron chi connectivity index (χ4n) is 8.13. The minimum Gasteiger partial charge on any atom is -0.451 e. The molecule has 27 heavy (non-hydrogen) atoms. The first-order chi connectivity index (χ1) is 13.0. The van der Waals surface area contributed by atoms with Crippen LogP contribution in [0.15, 0.2) is 29.0 Å². The lowest BCUT2D eigenvalue weighted by atomic mass is 9.47. The van der Waals surface area contributed by atoms with E-state index in [1.165, 1.54) is 24.8 Å². The molecule has 3 unspecified atom stereocenters. The summed E-state index contributed by atoms with van der Waals surface area (Å²) in [7, 11) is 0. The first-order valence-corrected chi connectivity index (χ1v) is 10.9. The van der Waals surface area contributed by atoms with Gasteiger partial charge in [-0.25, -0.2) is 4.79 Å². The molecule has 0 aromatic carbocycles. The van der Waals surface area contributed by atoms with E-state index in [1.807, 2.05) is 0 Å². The maximum atomic E-state index is 12.0. The summed E-state index contributed by atoms with van der Waals surface area (Å²) >= 11 is 0. The lowest BCUT2D eigenvalue weighted by molar-refractivity contribution is -0.166. The zero-order valence-corrected chi connectivity index (χ0v) is 16.5. The van der Waals surface area contributed by atoms with Gasteiger partial charge in [-0.05, 0) is 93.1 Å².